The second kappa shape index (κ2) is 6.84. The lowest BCUT2D eigenvalue weighted by Gasteiger charge is -2.34. The summed E-state index contributed by atoms with van der Waals surface area (Å²) in [4.78, 5) is 2.67. The molecule has 0 spiro atoms. The summed E-state index contributed by atoms with van der Waals surface area (Å²) in [6, 6.07) is 0. The Morgan fingerprint density at radius 3 is 2.79 bits per heavy atom. The van der Waals surface area contributed by atoms with Crippen LogP contribution in [0.15, 0.2) is 0 Å². The number of alkyl halides is 1. The van der Waals surface area contributed by atoms with Crippen molar-refractivity contribution in [3.8, 4) is 0 Å². The van der Waals surface area contributed by atoms with Gasteiger partial charge in [0.1, 0.15) is 0 Å². The largest absolute Gasteiger partial charge is 0.303 e. The van der Waals surface area contributed by atoms with Crippen LogP contribution in [0.5, 0.6) is 0 Å². The molecular formula is C12H24BrN. The summed E-state index contributed by atoms with van der Waals surface area (Å²) in [5, 5.41) is 1.16. The van der Waals surface area contributed by atoms with E-state index in [1.165, 1.54) is 45.3 Å². The van der Waals surface area contributed by atoms with Crippen molar-refractivity contribution >= 4 is 15.9 Å². The standard InChI is InChI=1S/C12H24BrN/c1-3-11-6-5-7-14(9-11)10-12(4-2)8-13/h11-12H,3-10H2,1-2H3. The highest BCUT2D eigenvalue weighted by molar-refractivity contribution is 9.09. The van der Waals surface area contributed by atoms with Crippen LogP contribution in [0, 0.1) is 11.8 Å². The minimum atomic E-state index is 0.852. The summed E-state index contributed by atoms with van der Waals surface area (Å²) in [7, 11) is 0. The van der Waals surface area contributed by atoms with E-state index >= 15 is 0 Å². The molecule has 1 saturated heterocycles. The fraction of sp³-hybridized carbons (Fsp3) is 1.00. The molecule has 0 N–H and O–H groups in total. The van der Waals surface area contributed by atoms with E-state index < -0.39 is 0 Å². The Morgan fingerprint density at radius 1 is 1.43 bits per heavy atom. The van der Waals surface area contributed by atoms with Crippen LogP contribution in [0.25, 0.3) is 0 Å². The Kier molecular flexibility index (Phi) is 6.11. The predicted octanol–water partition coefficient (Wildman–Crippen LogP) is 3.53. The van der Waals surface area contributed by atoms with Crippen LogP contribution in [0.4, 0.5) is 0 Å². The normalized spacial score (nSPS) is 26.4. The van der Waals surface area contributed by atoms with Gasteiger partial charge in [-0.25, -0.2) is 0 Å². The average Bonchev–Trinajstić information content (AvgIpc) is 2.26. The van der Waals surface area contributed by atoms with Crippen LogP contribution in [0.3, 0.4) is 0 Å². The van der Waals surface area contributed by atoms with Crippen LogP contribution in [0.2, 0.25) is 0 Å². The molecule has 0 amide bonds. The molecule has 0 aromatic carbocycles. The molecule has 2 atom stereocenters. The smallest absolute Gasteiger partial charge is 0.00717 e. The van der Waals surface area contributed by atoms with Crippen LogP contribution in [0.1, 0.15) is 39.5 Å². The zero-order chi connectivity index (χ0) is 10.4. The van der Waals surface area contributed by atoms with Gasteiger partial charge in [0, 0.05) is 18.4 Å². The zero-order valence-corrected chi connectivity index (χ0v) is 11.2. The van der Waals surface area contributed by atoms with E-state index in [1.54, 1.807) is 0 Å². The topological polar surface area (TPSA) is 3.24 Å². The first kappa shape index (κ1) is 12.5. The monoisotopic (exact) mass is 261 g/mol. The molecule has 1 rings (SSSR count). The van der Waals surface area contributed by atoms with Gasteiger partial charge < -0.3 is 4.90 Å². The van der Waals surface area contributed by atoms with Crippen molar-refractivity contribution in [2.24, 2.45) is 11.8 Å². The molecule has 84 valence electrons. The summed E-state index contributed by atoms with van der Waals surface area (Å²) in [6.07, 6.45) is 5.54. The zero-order valence-electron chi connectivity index (χ0n) is 9.64. The number of hydrogen-bond acceptors (Lipinski definition) is 1. The molecule has 1 fully saturated rings. The Labute approximate surface area is 97.4 Å². The molecule has 0 aliphatic carbocycles. The highest BCUT2D eigenvalue weighted by Crippen LogP contribution is 2.20. The second-order valence-corrected chi connectivity index (χ2v) is 5.25. The predicted molar refractivity (Wildman–Crippen MR) is 67.0 cm³/mol. The Morgan fingerprint density at radius 2 is 2.21 bits per heavy atom. The lowest BCUT2D eigenvalue weighted by Crippen LogP contribution is -2.38. The molecule has 14 heavy (non-hydrogen) atoms. The van der Waals surface area contributed by atoms with Crippen molar-refractivity contribution < 1.29 is 0 Å². The first-order valence-corrected chi connectivity index (χ1v) is 7.20. The Balaban J connectivity index is 2.29. The molecule has 0 bridgehead atoms. The third-order valence-corrected chi connectivity index (χ3v) is 4.41. The van der Waals surface area contributed by atoms with E-state index in [1.807, 2.05) is 0 Å². The summed E-state index contributed by atoms with van der Waals surface area (Å²) >= 11 is 3.61. The molecule has 1 heterocycles. The van der Waals surface area contributed by atoms with Gasteiger partial charge in [-0.15, -0.1) is 0 Å². The second-order valence-electron chi connectivity index (χ2n) is 4.60. The molecule has 1 aliphatic rings. The minimum Gasteiger partial charge on any atom is -0.303 e. The van der Waals surface area contributed by atoms with Crippen LogP contribution < -0.4 is 0 Å². The quantitative estimate of drug-likeness (QED) is 0.685. The van der Waals surface area contributed by atoms with Crippen molar-refractivity contribution in [1.29, 1.82) is 0 Å². The van der Waals surface area contributed by atoms with E-state index in [4.69, 9.17) is 0 Å². The van der Waals surface area contributed by atoms with Gasteiger partial charge in [0.2, 0.25) is 0 Å². The van der Waals surface area contributed by atoms with Gasteiger partial charge in [-0.1, -0.05) is 42.6 Å². The van der Waals surface area contributed by atoms with Crippen LogP contribution in [-0.2, 0) is 0 Å². The van der Waals surface area contributed by atoms with Gasteiger partial charge in [-0.2, -0.15) is 0 Å². The van der Waals surface area contributed by atoms with Crippen molar-refractivity contribution in [2.75, 3.05) is 25.0 Å². The maximum atomic E-state index is 3.61. The van der Waals surface area contributed by atoms with E-state index in [2.05, 4.69) is 34.7 Å². The molecular weight excluding hydrogens is 238 g/mol. The molecule has 0 saturated carbocycles. The summed E-state index contributed by atoms with van der Waals surface area (Å²) in [6.45, 7) is 8.61. The highest BCUT2D eigenvalue weighted by Gasteiger charge is 2.20. The maximum Gasteiger partial charge on any atom is 0.00717 e. The van der Waals surface area contributed by atoms with E-state index in [-0.39, 0.29) is 0 Å². The van der Waals surface area contributed by atoms with Gasteiger partial charge in [-0.3, -0.25) is 0 Å². The maximum absolute atomic E-state index is 3.61. The SMILES string of the molecule is CCC(CBr)CN1CCCC(CC)C1. The van der Waals surface area contributed by atoms with Crippen molar-refractivity contribution in [2.45, 2.75) is 39.5 Å². The van der Waals surface area contributed by atoms with Crippen molar-refractivity contribution in [1.82, 2.24) is 4.90 Å². The summed E-state index contributed by atoms with van der Waals surface area (Å²) < 4.78 is 0. The van der Waals surface area contributed by atoms with Gasteiger partial charge in [-0.05, 0) is 31.2 Å². The van der Waals surface area contributed by atoms with Gasteiger partial charge in [0.05, 0.1) is 0 Å². The lowest BCUT2D eigenvalue weighted by atomic mass is 9.94. The Hall–Kier alpha value is 0.440. The summed E-state index contributed by atoms with van der Waals surface area (Å²) in [5.74, 6) is 1.82. The number of nitrogens with zero attached hydrogens (tertiary/aromatic N) is 1. The van der Waals surface area contributed by atoms with E-state index in [0.717, 1.165) is 17.2 Å². The molecule has 2 unspecified atom stereocenters. The van der Waals surface area contributed by atoms with Crippen LogP contribution >= 0.6 is 15.9 Å². The molecule has 1 nitrogen and oxygen atoms in total. The number of likely N-dealkylation sites (tertiary alicyclic amines) is 1. The molecule has 0 radical (unpaired) electrons. The molecule has 0 aromatic rings. The fourth-order valence-electron chi connectivity index (χ4n) is 2.30. The fourth-order valence-corrected chi connectivity index (χ4v) is 2.97. The average molecular weight is 262 g/mol. The van der Waals surface area contributed by atoms with Crippen LogP contribution in [-0.4, -0.2) is 29.9 Å². The van der Waals surface area contributed by atoms with Crippen molar-refractivity contribution in [3.63, 3.8) is 0 Å². The van der Waals surface area contributed by atoms with Crippen molar-refractivity contribution in [3.05, 3.63) is 0 Å². The first-order valence-electron chi connectivity index (χ1n) is 6.08. The molecule has 1 aliphatic heterocycles. The number of piperidine rings is 1. The number of hydrogen-bond donors (Lipinski definition) is 0. The molecule has 0 aromatic heterocycles. The Bertz CT molecular complexity index is 145. The molecule has 2 heteroatoms. The third kappa shape index (κ3) is 3.90. The lowest BCUT2D eigenvalue weighted by molar-refractivity contribution is 0.152. The minimum absolute atomic E-state index is 0.852. The van der Waals surface area contributed by atoms with E-state index in [0.29, 0.717) is 0 Å². The van der Waals surface area contributed by atoms with Gasteiger partial charge >= 0.3 is 0 Å². The number of rotatable bonds is 5. The first-order chi connectivity index (χ1) is 6.80. The third-order valence-electron chi connectivity index (χ3n) is 3.49. The summed E-state index contributed by atoms with van der Waals surface area (Å²) in [5.41, 5.74) is 0. The number of halogens is 1. The van der Waals surface area contributed by atoms with Gasteiger partial charge in [0.25, 0.3) is 0 Å². The highest BCUT2D eigenvalue weighted by atomic mass is 79.9. The van der Waals surface area contributed by atoms with Gasteiger partial charge in [0.15, 0.2) is 0 Å². The van der Waals surface area contributed by atoms with E-state index in [9.17, 15) is 0 Å².